The number of hydrogen-bond acceptors (Lipinski definition) is 4. The van der Waals surface area contributed by atoms with Gasteiger partial charge in [0.2, 0.25) is 0 Å². The molecule has 0 unspecified atom stereocenters. The van der Waals surface area contributed by atoms with Crippen molar-refractivity contribution in [1.29, 1.82) is 0 Å². The van der Waals surface area contributed by atoms with E-state index < -0.39 is 12.8 Å². The molecule has 2 N–H and O–H groups in total. The number of halogens is 3. The van der Waals surface area contributed by atoms with Crippen LogP contribution in [0, 0.1) is 0 Å². The molecular formula is C12H24F3N3O. The predicted octanol–water partition coefficient (Wildman–Crippen LogP) is 0.922. The molecule has 1 rings (SSSR count). The molecule has 0 aromatic heterocycles. The van der Waals surface area contributed by atoms with Gasteiger partial charge >= 0.3 is 6.18 Å². The lowest BCUT2D eigenvalue weighted by Gasteiger charge is -2.21. The van der Waals surface area contributed by atoms with Crippen LogP contribution in [0.2, 0.25) is 0 Å². The summed E-state index contributed by atoms with van der Waals surface area (Å²) in [5.74, 6) is 0. The van der Waals surface area contributed by atoms with Gasteiger partial charge in [-0.1, -0.05) is 0 Å². The minimum absolute atomic E-state index is 0.169. The fourth-order valence-corrected chi connectivity index (χ4v) is 2.23. The van der Waals surface area contributed by atoms with Crippen molar-refractivity contribution in [2.75, 3.05) is 59.0 Å². The van der Waals surface area contributed by atoms with E-state index >= 15 is 0 Å². The van der Waals surface area contributed by atoms with E-state index in [0.29, 0.717) is 13.0 Å². The first-order valence-electron chi connectivity index (χ1n) is 6.80. The van der Waals surface area contributed by atoms with Crippen LogP contribution in [0.15, 0.2) is 0 Å². The molecule has 0 saturated carbocycles. The van der Waals surface area contributed by atoms with Gasteiger partial charge in [0, 0.05) is 39.3 Å². The number of hydrogen-bond donors (Lipinski definition) is 1. The molecule has 1 fully saturated rings. The van der Waals surface area contributed by atoms with E-state index in [1.807, 2.05) is 0 Å². The first-order valence-corrected chi connectivity index (χ1v) is 6.80. The third kappa shape index (κ3) is 8.41. The third-order valence-corrected chi connectivity index (χ3v) is 3.16. The Kier molecular flexibility index (Phi) is 7.67. The Balaban J connectivity index is 2.06. The van der Waals surface area contributed by atoms with Gasteiger partial charge in [0.15, 0.2) is 0 Å². The summed E-state index contributed by atoms with van der Waals surface area (Å²) in [7, 11) is 0. The molecule has 0 atom stereocenters. The van der Waals surface area contributed by atoms with Crippen LogP contribution in [0.4, 0.5) is 13.2 Å². The van der Waals surface area contributed by atoms with Gasteiger partial charge in [0.05, 0.1) is 0 Å². The Morgan fingerprint density at radius 2 is 1.63 bits per heavy atom. The van der Waals surface area contributed by atoms with Crippen molar-refractivity contribution in [1.82, 2.24) is 9.80 Å². The van der Waals surface area contributed by atoms with E-state index in [2.05, 4.69) is 14.5 Å². The third-order valence-electron chi connectivity index (χ3n) is 3.16. The van der Waals surface area contributed by atoms with Crippen molar-refractivity contribution >= 4 is 0 Å². The molecule has 19 heavy (non-hydrogen) atoms. The summed E-state index contributed by atoms with van der Waals surface area (Å²) in [4.78, 5) is 4.62. The Morgan fingerprint density at radius 3 is 2.21 bits per heavy atom. The molecule has 0 spiro atoms. The zero-order valence-electron chi connectivity index (χ0n) is 11.3. The minimum atomic E-state index is -4.22. The maximum Gasteiger partial charge on any atom is 0.411 e. The van der Waals surface area contributed by atoms with Gasteiger partial charge in [-0.15, -0.1) is 0 Å². The summed E-state index contributed by atoms with van der Waals surface area (Å²) in [6.45, 7) is 5.42. The number of nitrogens with two attached hydrogens (primary N) is 1. The molecule has 4 nitrogen and oxygen atoms in total. The predicted molar refractivity (Wildman–Crippen MR) is 68.0 cm³/mol. The molecule has 0 amide bonds. The van der Waals surface area contributed by atoms with Gasteiger partial charge in [-0.25, -0.2) is 0 Å². The summed E-state index contributed by atoms with van der Waals surface area (Å²) in [6.07, 6.45) is -2.48. The fourth-order valence-electron chi connectivity index (χ4n) is 2.23. The molecule has 1 saturated heterocycles. The van der Waals surface area contributed by atoms with Crippen LogP contribution >= 0.6 is 0 Å². The van der Waals surface area contributed by atoms with Crippen LogP contribution in [-0.4, -0.2) is 75.0 Å². The Morgan fingerprint density at radius 1 is 1.00 bits per heavy atom. The topological polar surface area (TPSA) is 41.7 Å². The zero-order chi connectivity index (χ0) is 14.1. The van der Waals surface area contributed by atoms with E-state index in [1.165, 1.54) is 0 Å². The van der Waals surface area contributed by atoms with Crippen molar-refractivity contribution in [2.45, 2.75) is 19.0 Å². The Bertz CT molecular complexity index is 239. The molecule has 0 radical (unpaired) electrons. The van der Waals surface area contributed by atoms with Gasteiger partial charge < -0.3 is 20.3 Å². The van der Waals surface area contributed by atoms with E-state index in [9.17, 15) is 13.2 Å². The van der Waals surface area contributed by atoms with E-state index in [-0.39, 0.29) is 6.61 Å². The van der Waals surface area contributed by atoms with E-state index in [1.54, 1.807) is 0 Å². The van der Waals surface area contributed by atoms with Crippen molar-refractivity contribution in [3.63, 3.8) is 0 Å². The van der Waals surface area contributed by atoms with E-state index in [0.717, 1.165) is 45.7 Å². The number of ether oxygens (including phenoxy) is 1. The SMILES string of the molecule is NCCN1CCCN(CCCOCC(F)(F)F)CC1. The molecular weight excluding hydrogens is 259 g/mol. The van der Waals surface area contributed by atoms with E-state index in [4.69, 9.17) is 5.73 Å². The van der Waals surface area contributed by atoms with Crippen molar-refractivity contribution in [3.8, 4) is 0 Å². The monoisotopic (exact) mass is 283 g/mol. The van der Waals surface area contributed by atoms with Crippen LogP contribution in [0.3, 0.4) is 0 Å². The summed E-state index contributed by atoms with van der Waals surface area (Å²) >= 11 is 0. The maximum atomic E-state index is 11.9. The largest absolute Gasteiger partial charge is 0.411 e. The van der Waals surface area contributed by atoms with Gasteiger partial charge in [-0.05, 0) is 25.9 Å². The van der Waals surface area contributed by atoms with Gasteiger partial charge in [-0.2, -0.15) is 13.2 Å². The highest BCUT2D eigenvalue weighted by atomic mass is 19.4. The Labute approximate surface area is 112 Å². The summed E-state index contributed by atoms with van der Waals surface area (Å²) in [5.41, 5.74) is 5.53. The summed E-state index contributed by atoms with van der Waals surface area (Å²) < 4.78 is 40.2. The van der Waals surface area contributed by atoms with Crippen molar-refractivity contribution in [2.24, 2.45) is 5.73 Å². The fraction of sp³-hybridized carbons (Fsp3) is 1.00. The van der Waals surface area contributed by atoms with Crippen LogP contribution < -0.4 is 5.73 Å². The molecule has 1 heterocycles. The molecule has 7 heteroatoms. The second-order valence-corrected chi connectivity index (χ2v) is 4.85. The second-order valence-electron chi connectivity index (χ2n) is 4.85. The van der Waals surface area contributed by atoms with Crippen LogP contribution in [-0.2, 0) is 4.74 Å². The average molecular weight is 283 g/mol. The lowest BCUT2D eigenvalue weighted by Crippen LogP contribution is -2.34. The lowest BCUT2D eigenvalue weighted by atomic mass is 10.3. The summed E-state index contributed by atoms with van der Waals surface area (Å²) in [5, 5.41) is 0. The molecule has 0 aromatic rings. The Hall–Kier alpha value is -0.370. The number of nitrogens with zero attached hydrogens (tertiary/aromatic N) is 2. The average Bonchev–Trinajstić information content (AvgIpc) is 2.54. The quantitative estimate of drug-likeness (QED) is 0.706. The smallest absolute Gasteiger partial charge is 0.372 e. The summed E-state index contributed by atoms with van der Waals surface area (Å²) in [6, 6.07) is 0. The standard InChI is InChI=1S/C12H24F3N3O/c13-12(14,15)11-19-10-2-6-17-4-1-5-18(7-3-16)9-8-17/h1-11,16H2. The highest BCUT2D eigenvalue weighted by Gasteiger charge is 2.27. The first-order chi connectivity index (χ1) is 9.01. The first kappa shape index (κ1) is 16.7. The molecule has 0 aromatic carbocycles. The maximum absolute atomic E-state index is 11.9. The van der Waals surface area contributed by atoms with Crippen LogP contribution in [0.1, 0.15) is 12.8 Å². The zero-order valence-corrected chi connectivity index (χ0v) is 11.3. The van der Waals surface area contributed by atoms with Gasteiger partial charge in [0.1, 0.15) is 6.61 Å². The molecule has 114 valence electrons. The van der Waals surface area contributed by atoms with Gasteiger partial charge in [-0.3, -0.25) is 0 Å². The number of alkyl halides is 3. The molecule has 0 aliphatic carbocycles. The van der Waals surface area contributed by atoms with Crippen LogP contribution in [0.5, 0.6) is 0 Å². The van der Waals surface area contributed by atoms with Crippen molar-refractivity contribution in [3.05, 3.63) is 0 Å². The number of rotatable bonds is 7. The highest BCUT2D eigenvalue weighted by Crippen LogP contribution is 2.14. The second kappa shape index (κ2) is 8.73. The molecule has 1 aliphatic rings. The lowest BCUT2D eigenvalue weighted by molar-refractivity contribution is -0.174. The molecule has 1 aliphatic heterocycles. The van der Waals surface area contributed by atoms with Gasteiger partial charge in [0.25, 0.3) is 0 Å². The highest BCUT2D eigenvalue weighted by molar-refractivity contribution is 4.69. The van der Waals surface area contributed by atoms with Crippen molar-refractivity contribution < 1.29 is 17.9 Å². The minimum Gasteiger partial charge on any atom is -0.372 e. The molecule has 0 bridgehead atoms. The van der Waals surface area contributed by atoms with Crippen LogP contribution in [0.25, 0.3) is 0 Å². The normalized spacial score (nSPS) is 19.6.